The number of nitrogens with one attached hydrogen (secondary N) is 1. The quantitative estimate of drug-likeness (QED) is 0.764. The van der Waals surface area contributed by atoms with Crippen LogP contribution in [0.2, 0.25) is 0 Å². The second kappa shape index (κ2) is 5.41. The lowest BCUT2D eigenvalue weighted by Crippen LogP contribution is -2.01. The average molecular weight is 313 g/mol. The van der Waals surface area contributed by atoms with Crippen molar-refractivity contribution in [2.45, 2.75) is 6.54 Å². The van der Waals surface area contributed by atoms with E-state index in [1.54, 1.807) is 0 Å². The van der Waals surface area contributed by atoms with Gasteiger partial charge < -0.3 is 5.32 Å². The van der Waals surface area contributed by atoms with Gasteiger partial charge in [-0.2, -0.15) is 0 Å². The first kappa shape index (κ1) is 12.2. The molecule has 0 aliphatic carbocycles. The number of benzene rings is 2. The third-order valence-electron chi connectivity index (χ3n) is 3.05. The maximum absolute atomic E-state index is 4.42. The molecule has 3 heteroatoms. The minimum atomic E-state index is 0.772. The van der Waals surface area contributed by atoms with E-state index in [1.165, 1.54) is 10.9 Å². The SMILES string of the molecule is Brc1ccc(CNc2nccc3ccccc23)cc1. The number of hydrogen-bond acceptors (Lipinski definition) is 2. The molecule has 2 aromatic carbocycles. The maximum Gasteiger partial charge on any atom is 0.134 e. The summed E-state index contributed by atoms with van der Waals surface area (Å²) in [6.07, 6.45) is 1.84. The number of anilines is 1. The number of fused-ring (bicyclic) bond motifs is 1. The molecule has 0 atom stereocenters. The van der Waals surface area contributed by atoms with E-state index >= 15 is 0 Å². The predicted octanol–water partition coefficient (Wildman–Crippen LogP) is 4.61. The van der Waals surface area contributed by atoms with Crippen LogP contribution in [0.15, 0.2) is 65.3 Å². The van der Waals surface area contributed by atoms with Crippen LogP contribution >= 0.6 is 15.9 Å². The highest BCUT2D eigenvalue weighted by Crippen LogP contribution is 2.21. The van der Waals surface area contributed by atoms with Crippen molar-refractivity contribution >= 4 is 32.5 Å². The first-order valence-electron chi connectivity index (χ1n) is 6.15. The van der Waals surface area contributed by atoms with Gasteiger partial charge in [0.05, 0.1) is 0 Å². The average Bonchev–Trinajstić information content (AvgIpc) is 2.47. The molecular weight excluding hydrogens is 300 g/mol. The number of nitrogens with zero attached hydrogens (tertiary/aromatic N) is 1. The van der Waals surface area contributed by atoms with Crippen molar-refractivity contribution in [2.75, 3.05) is 5.32 Å². The predicted molar refractivity (Wildman–Crippen MR) is 83.2 cm³/mol. The summed E-state index contributed by atoms with van der Waals surface area (Å²) in [6.45, 7) is 0.772. The molecule has 0 saturated carbocycles. The molecule has 0 amide bonds. The summed E-state index contributed by atoms with van der Waals surface area (Å²) >= 11 is 3.44. The van der Waals surface area contributed by atoms with Crippen LogP contribution in [-0.4, -0.2) is 4.98 Å². The van der Waals surface area contributed by atoms with Crippen LogP contribution in [0, 0.1) is 0 Å². The Morgan fingerprint density at radius 1 is 0.947 bits per heavy atom. The van der Waals surface area contributed by atoms with Crippen LogP contribution in [0.3, 0.4) is 0 Å². The molecule has 1 heterocycles. The Labute approximate surface area is 120 Å². The minimum Gasteiger partial charge on any atom is -0.365 e. The molecule has 94 valence electrons. The zero-order valence-corrected chi connectivity index (χ0v) is 11.9. The summed E-state index contributed by atoms with van der Waals surface area (Å²) < 4.78 is 1.10. The van der Waals surface area contributed by atoms with E-state index in [2.05, 4.69) is 50.5 Å². The molecule has 0 fully saturated rings. The van der Waals surface area contributed by atoms with Crippen molar-refractivity contribution < 1.29 is 0 Å². The lowest BCUT2D eigenvalue weighted by atomic mass is 10.1. The molecule has 0 radical (unpaired) electrons. The summed E-state index contributed by atoms with van der Waals surface area (Å²) in [4.78, 5) is 4.42. The number of aromatic nitrogens is 1. The van der Waals surface area contributed by atoms with E-state index in [4.69, 9.17) is 0 Å². The molecule has 1 N–H and O–H groups in total. The van der Waals surface area contributed by atoms with Crippen LogP contribution < -0.4 is 5.32 Å². The fourth-order valence-corrected chi connectivity index (χ4v) is 2.31. The van der Waals surface area contributed by atoms with Gasteiger partial charge in [0, 0.05) is 22.6 Å². The highest BCUT2D eigenvalue weighted by Gasteiger charge is 2.01. The first-order valence-corrected chi connectivity index (χ1v) is 6.94. The van der Waals surface area contributed by atoms with E-state index in [1.807, 2.05) is 36.5 Å². The smallest absolute Gasteiger partial charge is 0.134 e. The molecule has 0 aliphatic heterocycles. The molecule has 0 unspecified atom stereocenters. The standard InChI is InChI=1S/C16H13BrN2/c17-14-7-5-12(6-8-14)11-19-16-15-4-2-1-3-13(15)9-10-18-16/h1-10H,11H2,(H,18,19). The van der Waals surface area contributed by atoms with Crippen molar-refractivity contribution in [2.24, 2.45) is 0 Å². The Balaban J connectivity index is 1.84. The maximum atomic E-state index is 4.42. The largest absolute Gasteiger partial charge is 0.365 e. The molecule has 1 aromatic heterocycles. The molecule has 0 saturated heterocycles. The van der Waals surface area contributed by atoms with Gasteiger partial charge in [0.25, 0.3) is 0 Å². The highest BCUT2D eigenvalue weighted by molar-refractivity contribution is 9.10. The van der Waals surface area contributed by atoms with Crippen LogP contribution in [0.4, 0.5) is 5.82 Å². The van der Waals surface area contributed by atoms with Crippen molar-refractivity contribution in [3.63, 3.8) is 0 Å². The summed E-state index contributed by atoms with van der Waals surface area (Å²) in [7, 11) is 0. The topological polar surface area (TPSA) is 24.9 Å². The zero-order chi connectivity index (χ0) is 13.1. The molecular formula is C16H13BrN2. The summed E-state index contributed by atoms with van der Waals surface area (Å²) in [5.74, 6) is 0.931. The number of halogens is 1. The van der Waals surface area contributed by atoms with E-state index in [0.717, 1.165) is 22.2 Å². The first-order chi connectivity index (χ1) is 9.33. The van der Waals surface area contributed by atoms with Gasteiger partial charge in [0.2, 0.25) is 0 Å². The van der Waals surface area contributed by atoms with Gasteiger partial charge in [-0.05, 0) is 29.1 Å². The van der Waals surface area contributed by atoms with Crippen molar-refractivity contribution in [3.05, 3.63) is 70.8 Å². The van der Waals surface area contributed by atoms with Gasteiger partial charge in [0.15, 0.2) is 0 Å². The molecule has 0 aliphatic rings. The second-order valence-electron chi connectivity index (χ2n) is 4.36. The van der Waals surface area contributed by atoms with Crippen molar-refractivity contribution in [3.8, 4) is 0 Å². The fraction of sp³-hybridized carbons (Fsp3) is 0.0625. The lowest BCUT2D eigenvalue weighted by molar-refractivity contribution is 1.12. The zero-order valence-electron chi connectivity index (χ0n) is 10.3. The van der Waals surface area contributed by atoms with Gasteiger partial charge >= 0.3 is 0 Å². The summed E-state index contributed by atoms with van der Waals surface area (Å²) in [5.41, 5.74) is 1.23. The number of pyridine rings is 1. The third kappa shape index (κ3) is 2.76. The van der Waals surface area contributed by atoms with Crippen LogP contribution in [0.5, 0.6) is 0 Å². The third-order valence-corrected chi connectivity index (χ3v) is 3.58. The van der Waals surface area contributed by atoms with E-state index < -0.39 is 0 Å². The normalized spacial score (nSPS) is 10.6. The van der Waals surface area contributed by atoms with Gasteiger partial charge in [-0.15, -0.1) is 0 Å². The van der Waals surface area contributed by atoms with E-state index in [9.17, 15) is 0 Å². The second-order valence-corrected chi connectivity index (χ2v) is 5.28. The lowest BCUT2D eigenvalue weighted by Gasteiger charge is -2.08. The van der Waals surface area contributed by atoms with Gasteiger partial charge in [-0.3, -0.25) is 0 Å². The molecule has 3 rings (SSSR count). The summed E-state index contributed by atoms with van der Waals surface area (Å²) in [6, 6.07) is 18.6. The van der Waals surface area contributed by atoms with Crippen LogP contribution in [0.25, 0.3) is 10.8 Å². The van der Waals surface area contributed by atoms with E-state index in [0.29, 0.717) is 0 Å². The molecule has 2 nitrogen and oxygen atoms in total. The minimum absolute atomic E-state index is 0.772. The number of hydrogen-bond donors (Lipinski definition) is 1. The van der Waals surface area contributed by atoms with Crippen LogP contribution in [-0.2, 0) is 6.54 Å². The molecule has 0 bridgehead atoms. The molecule has 0 spiro atoms. The highest BCUT2D eigenvalue weighted by atomic mass is 79.9. The monoisotopic (exact) mass is 312 g/mol. The Kier molecular flexibility index (Phi) is 3.47. The Hall–Kier alpha value is -1.87. The fourth-order valence-electron chi connectivity index (χ4n) is 2.05. The van der Waals surface area contributed by atoms with Gasteiger partial charge in [-0.25, -0.2) is 4.98 Å². The van der Waals surface area contributed by atoms with Crippen LogP contribution in [0.1, 0.15) is 5.56 Å². The van der Waals surface area contributed by atoms with Crippen molar-refractivity contribution in [1.82, 2.24) is 4.98 Å². The molecule has 3 aromatic rings. The number of rotatable bonds is 3. The Morgan fingerprint density at radius 3 is 2.58 bits per heavy atom. The van der Waals surface area contributed by atoms with Gasteiger partial charge in [0.1, 0.15) is 5.82 Å². The Morgan fingerprint density at radius 2 is 1.74 bits per heavy atom. The van der Waals surface area contributed by atoms with E-state index in [-0.39, 0.29) is 0 Å². The Bertz CT molecular complexity index is 687. The van der Waals surface area contributed by atoms with Gasteiger partial charge in [-0.1, -0.05) is 52.3 Å². The van der Waals surface area contributed by atoms with Crippen molar-refractivity contribution in [1.29, 1.82) is 0 Å². The summed E-state index contributed by atoms with van der Waals surface area (Å²) in [5, 5.41) is 5.76. The molecule has 19 heavy (non-hydrogen) atoms.